The smallest absolute Gasteiger partial charge is 0.239 e. The van der Waals surface area contributed by atoms with Crippen LogP contribution in [-0.2, 0) is 22.4 Å². The van der Waals surface area contributed by atoms with Gasteiger partial charge in [-0.3, -0.25) is 9.59 Å². The van der Waals surface area contributed by atoms with E-state index in [-0.39, 0.29) is 24.3 Å². The van der Waals surface area contributed by atoms with Crippen molar-refractivity contribution < 1.29 is 9.59 Å². The number of aromatic nitrogens is 2. The molecule has 8 nitrogen and oxygen atoms in total. The second-order valence-corrected chi connectivity index (χ2v) is 9.48. The van der Waals surface area contributed by atoms with Gasteiger partial charge < -0.3 is 20.0 Å². The van der Waals surface area contributed by atoms with Crippen LogP contribution in [0.1, 0.15) is 36.9 Å². The molecule has 0 unspecified atom stereocenters. The third kappa shape index (κ3) is 3.40. The van der Waals surface area contributed by atoms with E-state index in [0.717, 1.165) is 50.5 Å². The van der Waals surface area contributed by atoms with Crippen LogP contribution in [0.25, 0.3) is 0 Å². The number of hydrogen-bond donors (Lipinski definition) is 1. The molecule has 162 valence electrons. The summed E-state index contributed by atoms with van der Waals surface area (Å²) in [5.74, 6) is 3.06. The molecule has 8 heteroatoms. The van der Waals surface area contributed by atoms with Gasteiger partial charge in [0.15, 0.2) is 0 Å². The van der Waals surface area contributed by atoms with Crippen molar-refractivity contribution in [2.75, 3.05) is 56.6 Å². The Kier molecular flexibility index (Phi) is 5.03. The van der Waals surface area contributed by atoms with Gasteiger partial charge in [-0.05, 0) is 50.4 Å². The zero-order valence-corrected chi connectivity index (χ0v) is 18.1. The van der Waals surface area contributed by atoms with Crippen molar-refractivity contribution in [1.82, 2.24) is 20.2 Å². The number of piperazine rings is 1. The van der Waals surface area contributed by atoms with Gasteiger partial charge in [-0.1, -0.05) is 0 Å². The van der Waals surface area contributed by atoms with E-state index < -0.39 is 0 Å². The molecule has 1 saturated carbocycles. The van der Waals surface area contributed by atoms with Crippen molar-refractivity contribution in [3.63, 3.8) is 0 Å². The van der Waals surface area contributed by atoms with E-state index in [1.165, 1.54) is 24.1 Å². The highest BCUT2D eigenvalue weighted by Crippen LogP contribution is 2.47. The number of fused-ring (bicyclic) bond motifs is 2. The van der Waals surface area contributed by atoms with Crippen molar-refractivity contribution in [2.45, 2.75) is 38.5 Å². The van der Waals surface area contributed by atoms with Crippen LogP contribution in [0.4, 0.5) is 11.8 Å². The molecule has 2 saturated heterocycles. The first-order valence-electron chi connectivity index (χ1n) is 11.4. The Morgan fingerprint density at radius 2 is 2.00 bits per heavy atom. The lowest BCUT2D eigenvalue weighted by Crippen LogP contribution is -2.59. The van der Waals surface area contributed by atoms with E-state index in [0.29, 0.717) is 24.9 Å². The number of nitrogens with one attached hydrogen (secondary N) is 1. The van der Waals surface area contributed by atoms with Crippen LogP contribution in [0.3, 0.4) is 0 Å². The number of anilines is 2. The van der Waals surface area contributed by atoms with Crippen LogP contribution in [-0.4, -0.2) is 73.5 Å². The van der Waals surface area contributed by atoms with Crippen LogP contribution in [0.15, 0.2) is 0 Å². The number of hydrogen-bond acceptors (Lipinski definition) is 6. The Hall–Kier alpha value is -2.38. The maximum atomic E-state index is 13.1. The number of carbonyl (C=O) groups is 2. The largest absolute Gasteiger partial charge is 0.356 e. The zero-order chi connectivity index (χ0) is 20.8. The summed E-state index contributed by atoms with van der Waals surface area (Å²) in [7, 11) is 3.99. The topological polar surface area (TPSA) is 81.7 Å². The van der Waals surface area contributed by atoms with E-state index in [2.05, 4.69) is 10.2 Å². The summed E-state index contributed by atoms with van der Waals surface area (Å²) in [6, 6.07) is 0. The molecule has 2 aliphatic carbocycles. The zero-order valence-electron chi connectivity index (χ0n) is 18.1. The molecule has 5 rings (SSSR count). The molecule has 0 aromatic carbocycles. The Balaban J connectivity index is 1.36. The molecule has 2 aliphatic heterocycles. The molecule has 1 N–H and O–H groups in total. The molecule has 0 spiro atoms. The van der Waals surface area contributed by atoms with Gasteiger partial charge in [0.25, 0.3) is 0 Å². The first kappa shape index (κ1) is 19.6. The fourth-order valence-corrected chi connectivity index (χ4v) is 5.64. The SMILES string of the molecule is CN(C)c1nc2c(c(N3CC[C@@H]4C[C@@H](C(=O)N5CCNC(=O)C5)[C@@H]4C3)n1)CCCC2. The lowest BCUT2D eigenvalue weighted by atomic mass is 9.61. The molecule has 3 heterocycles. The van der Waals surface area contributed by atoms with E-state index in [1.54, 1.807) is 4.90 Å². The van der Waals surface area contributed by atoms with Crippen molar-refractivity contribution >= 4 is 23.6 Å². The maximum Gasteiger partial charge on any atom is 0.239 e. The summed E-state index contributed by atoms with van der Waals surface area (Å²) in [5, 5.41) is 2.81. The van der Waals surface area contributed by atoms with E-state index >= 15 is 0 Å². The highest BCUT2D eigenvalue weighted by Gasteiger charge is 2.49. The molecule has 0 radical (unpaired) electrons. The Labute approximate surface area is 178 Å². The fraction of sp³-hybridized carbons (Fsp3) is 0.727. The maximum absolute atomic E-state index is 13.1. The van der Waals surface area contributed by atoms with Crippen LogP contribution in [0.5, 0.6) is 0 Å². The standard InChI is InChI=1S/C22H32N6O2/c1-26(2)22-24-18-6-4-3-5-15(18)20(25-22)27-9-7-14-11-16(17(14)12-27)21(30)28-10-8-23-19(29)13-28/h14,16-17H,3-13H2,1-2H3,(H,23,29)/t14-,16-,17-/m1/s1. The average molecular weight is 413 g/mol. The molecule has 3 fully saturated rings. The van der Waals surface area contributed by atoms with Gasteiger partial charge in [0.05, 0.1) is 12.2 Å². The number of amides is 2. The Morgan fingerprint density at radius 3 is 2.80 bits per heavy atom. The van der Waals surface area contributed by atoms with E-state index in [4.69, 9.17) is 9.97 Å². The number of rotatable bonds is 3. The Bertz CT molecular complexity index is 856. The lowest BCUT2D eigenvalue weighted by molar-refractivity contribution is -0.149. The van der Waals surface area contributed by atoms with Crippen molar-refractivity contribution in [1.29, 1.82) is 0 Å². The van der Waals surface area contributed by atoms with Crippen molar-refractivity contribution in [3.05, 3.63) is 11.3 Å². The molecule has 1 aromatic rings. The minimum atomic E-state index is -0.0421. The van der Waals surface area contributed by atoms with Gasteiger partial charge in [0.1, 0.15) is 5.82 Å². The van der Waals surface area contributed by atoms with E-state index in [9.17, 15) is 9.59 Å². The number of carbonyl (C=O) groups excluding carboxylic acids is 2. The van der Waals surface area contributed by atoms with E-state index in [1.807, 2.05) is 19.0 Å². The summed E-state index contributed by atoms with van der Waals surface area (Å²) in [4.78, 5) is 40.8. The normalized spacial score (nSPS) is 28.2. The molecule has 2 amide bonds. The van der Waals surface area contributed by atoms with Gasteiger partial charge in [0.2, 0.25) is 17.8 Å². The highest BCUT2D eigenvalue weighted by atomic mass is 16.2. The molecule has 4 aliphatic rings. The van der Waals surface area contributed by atoms with Crippen molar-refractivity contribution in [2.24, 2.45) is 17.8 Å². The summed E-state index contributed by atoms with van der Waals surface area (Å²) >= 11 is 0. The molecule has 30 heavy (non-hydrogen) atoms. The first-order chi connectivity index (χ1) is 14.5. The predicted molar refractivity (Wildman–Crippen MR) is 115 cm³/mol. The fourth-order valence-electron chi connectivity index (χ4n) is 5.64. The second kappa shape index (κ2) is 7.71. The van der Waals surface area contributed by atoms with Crippen LogP contribution >= 0.6 is 0 Å². The number of piperidine rings is 1. The van der Waals surface area contributed by atoms with Gasteiger partial charge in [-0.2, -0.15) is 4.98 Å². The molecular formula is C22H32N6O2. The quantitative estimate of drug-likeness (QED) is 0.793. The van der Waals surface area contributed by atoms with Crippen LogP contribution < -0.4 is 15.1 Å². The number of aryl methyl sites for hydroxylation is 1. The third-order valence-corrected chi connectivity index (χ3v) is 7.40. The van der Waals surface area contributed by atoms with Gasteiger partial charge in [-0.25, -0.2) is 4.98 Å². The van der Waals surface area contributed by atoms with Gasteiger partial charge >= 0.3 is 0 Å². The summed E-state index contributed by atoms with van der Waals surface area (Å²) < 4.78 is 0. The lowest BCUT2D eigenvalue weighted by Gasteiger charge is -2.52. The van der Waals surface area contributed by atoms with Crippen LogP contribution in [0.2, 0.25) is 0 Å². The summed E-state index contributed by atoms with van der Waals surface area (Å²) in [6.07, 6.45) is 6.56. The van der Waals surface area contributed by atoms with Gasteiger partial charge in [0, 0.05) is 51.8 Å². The predicted octanol–water partition coefficient (Wildman–Crippen LogP) is 0.842. The second-order valence-electron chi connectivity index (χ2n) is 9.48. The van der Waals surface area contributed by atoms with Gasteiger partial charge in [-0.15, -0.1) is 0 Å². The number of nitrogens with zero attached hydrogens (tertiary/aromatic N) is 5. The summed E-state index contributed by atoms with van der Waals surface area (Å²) in [6.45, 7) is 3.30. The van der Waals surface area contributed by atoms with Crippen LogP contribution in [0, 0.1) is 17.8 Å². The highest BCUT2D eigenvalue weighted by molar-refractivity contribution is 5.87. The molecule has 1 aromatic heterocycles. The third-order valence-electron chi connectivity index (χ3n) is 7.40. The Morgan fingerprint density at radius 1 is 1.17 bits per heavy atom. The monoisotopic (exact) mass is 412 g/mol. The average Bonchev–Trinajstić information content (AvgIpc) is 2.73. The molecule has 3 atom stereocenters. The minimum Gasteiger partial charge on any atom is -0.356 e. The summed E-state index contributed by atoms with van der Waals surface area (Å²) in [5.41, 5.74) is 2.53. The van der Waals surface area contributed by atoms with Crippen molar-refractivity contribution in [3.8, 4) is 0 Å². The first-order valence-corrected chi connectivity index (χ1v) is 11.4. The minimum absolute atomic E-state index is 0.0421. The molecular weight excluding hydrogens is 380 g/mol. The molecule has 0 bridgehead atoms.